The average molecular weight is 402 g/mol. The number of nitrogens with one attached hydrogen (secondary N) is 1. The van der Waals surface area contributed by atoms with E-state index in [1.165, 1.54) is 44.1 Å². The van der Waals surface area contributed by atoms with Gasteiger partial charge in [-0.25, -0.2) is 22.8 Å². The number of nitrogens with zero attached hydrogens (tertiary/aromatic N) is 3. The van der Waals surface area contributed by atoms with Gasteiger partial charge in [0.1, 0.15) is 23.6 Å². The van der Waals surface area contributed by atoms with Crippen LogP contribution in [0.5, 0.6) is 0 Å². The molecular formula is C20H23FN4O2S. The predicted octanol–water partition coefficient (Wildman–Crippen LogP) is 4.61. The van der Waals surface area contributed by atoms with Crippen molar-refractivity contribution < 1.29 is 12.8 Å². The molecule has 0 bridgehead atoms. The molecule has 2 heterocycles. The van der Waals surface area contributed by atoms with Crippen molar-refractivity contribution in [1.29, 1.82) is 0 Å². The van der Waals surface area contributed by atoms with E-state index in [0.717, 1.165) is 36.2 Å². The fourth-order valence-electron chi connectivity index (χ4n) is 3.86. The smallest absolute Gasteiger partial charge is 0.175 e. The van der Waals surface area contributed by atoms with Gasteiger partial charge < -0.3 is 9.88 Å². The van der Waals surface area contributed by atoms with Gasteiger partial charge in [0, 0.05) is 18.5 Å². The number of hydrogen-bond acceptors (Lipinski definition) is 5. The molecule has 1 fully saturated rings. The van der Waals surface area contributed by atoms with Crippen molar-refractivity contribution in [3.63, 3.8) is 0 Å². The predicted molar refractivity (Wildman–Crippen MR) is 107 cm³/mol. The van der Waals surface area contributed by atoms with E-state index in [0.29, 0.717) is 11.9 Å². The van der Waals surface area contributed by atoms with Crippen molar-refractivity contribution in [2.24, 2.45) is 0 Å². The first-order valence-corrected chi connectivity index (χ1v) is 11.4. The van der Waals surface area contributed by atoms with Crippen molar-refractivity contribution >= 4 is 32.4 Å². The quantitative estimate of drug-likeness (QED) is 0.645. The molecule has 0 amide bonds. The highest BCUT2D eigenvalue weighted by molar-refractivity contribution is 7.90. The van der Waals surface area contributed by atoms with E-state index in [9.17, 15) is 12.8 Å². The molecule has 148 valence electrons. The summed E-state index contributed by atoms with van der Waals surface area (Å²) < 4.78 is 39.8. The Balaban J connectivity index is 1.67. The molecule has 1 aliphatic rings. The minimum absolute atomic E-state index is 0.0529. The summed E-state index contributed by atoms with van der Waals surface area (Å²) in [5.74, 6) is -0.138. The van der Waals surface area contributed by atoms with E-state index in [-0.39, 0.29) is 10.6 Å². The highest BCUT2D eigenvalue weighted by Gasteiger charge is 2.18. The molecule has 1 aliphatic carbocycles. The van der Waals surface area contributed by atoms with Crippen LogP contribution in [0.1, 0.15) is 44.6 Å². The third-order valence-electron chi connectivity index (χ3n) is 5.35. The third kappa shape index (κ3) is 3.73. The van der Waals surface area contributed by atoms with Crippen LogP contribution in [0, 0.1) is 5.82 Å². The van der Waals surface area contributed by atoms with Crippen molar-refractivity contribution in [2.45, 2.75) is 49.5 Å². The lowest BCUT2D eigenvalue weighted by Gasteiger charge is -2.17. The first-order valence-electron chi connectivity index (χ1n) is 9.51. The maximum atomic E-state index is 14.4. The maximum absolute atomic E-state index is 14.4. The number of aromatic nitrogens is 3. The van der Waals surface area contributed by atoms with Gasteiger partial charge in [0.05, 0.1) is 16.0 Å². The van der Waals surface area contributed by atoms with Crippen molar-refractivity contribution in [1.82, 2.24) is 14.5 Å². The van der Waals surface area contributed by atoms with E-state index in [4.69, 9.17) is 0 Å². The van der Waals surface area contributed by atoms with Crippen LogP contribution < -0.4 is 5.32 Å². The topological polar surface area (TPSA) is 76.9 Å². The summed E-state index contributed by atoms with van der Waals surface area (Å²) in [4.78, 5) is 8.67. The van der Waals surface area contributed by atoms with Gasteiger partial charge in [0.2, 0.25) is 0 Å². The van der Waals surface area contributed by atoms with Crippen molar-refractivity contribution in [3.8, 4) is 0 Å². The van der Waals surface area contributed by atoms with E-state index in [1.807, 2.05) is 12.3 Å². The number of fused-ring (bicyclic) bond motifs is 1. The van der Waals surface area contributed by atoms with Crippen LogP contribution in [0.25, 0.3) is 11.0 Å². The van der Waals surface area contributed by atoms with Crippen LogP contribution in [0.3, 0.4) is 0 Å². The number of rotatable bonds is 4. The molecule has 0 aliphatic heterocycles. The highest BCUT2D eigenvalue weighted by atomic mass is 32.2. The Morgan fingerprint density at radius 3 is 2.54 bits per heavy atom. The molecule has 6 nitrogen and oxygen atoms in total. The summed E-state index contributed by atoms with van der Waals surface area (Å²) in [5.41, 5.74) is 1.01. The molecule has 0 atom stereocenters. The summed E-state index contributed by atoms with van der Waals surface area (Å²) >= 11 is 0. The minimum atomic E-state index is -3.46. The summed E-state index contributed by atoms with van der Waals surface area (Å²) in [6.07, 6.45) is 11.8. The largest absolute Gasteiger partial charge is 0.337 e. The van der Waals surface area contributed by atoms with E-state index >= 15 is 0 Å². The van der Waals surface area contributed by atoms with Crippen molar-refractivity contribution in [2.75, 3.05) is 11.6 Å². The Kier molecular flexibility index (Phi) is 5.05. The molecule has 8 heteroatoms. The van der Waals surface area contributed by atoms with Gasteiger partial charge in [0.15, 0.2) is 9.84 Å². The Morgan fingerprint density at radius 1 is 1.11 bits per heavy atom. The third-order valence-corrected chi connectivity index (χ3v) is 6.46. The van der Waals surface area contributed by atoms with Crippen molar-refractivity contribution in [3.05, 3.63) is 42.6 Å². The summed E-state index contributed by atoms with van der Waals surface area (Å²) in [7, 11) is -3.46. The van der Waals surface area contributed by atoms with E-state index in [1.54, 1.807) is 0 Å². The number of benzene rings is 1. The summed E-state index contributed by atoms with van der Waals surface area (Å²) in [6, 6.07) is 6.20. The van der Waals surface area contributed by atoms with E-state index < -0.39 is 15.7 Å². The lowest BCUT2D eigenvalue weighted by molar-refractivity contribution is 0.454. The molecule has 0 spiro atoms. The second kappa shape index (κ2) is 7.50. The van der Waals surface area contributed by atoms with Gasteiger partial charge >= 0.3 is 0 Å². The Hall–Kier alpha value is -2.48. The second-order valence-corrected chi connectivity index (χ2v) is 9.38. The van der Waals surface area contributed by atoms with Crippen LogP contribution in [-0.2, 0) is 9.84 Å². The van der Waals surface area contributed by atoms with Gasteiger partial charge in [-0.2, -0.15) is 0 Å². The van der Waals surface area contributed by atoms with Gasteiger partial charge in [-0.1, -0.05) is 25.7 Å². The summed E-state index contributed by atoms with van der Waals surface area (Å²) in [5, 5.41) is 3.81. The zero-order valence-corrected chi connectivity index (χ0v) is 16.5. The second-order valence-electron chi connectivity index (χ2n) is 7.37. The molecule has 0 saturated heterocycles. The van der Waals surface area contributed by atoms with Crippen LogP contribution in [0.4, 0.5) is 15.9 Å². The number of hydrogen-bond donors (Lipinski definition) is 1. The van der Waals surface area contributed by atoms with Gasteiger partial charge in [0.25, 0.3) is 0 Å². The number of halogens is 1. The standard InChI is InChI=1S/C20H23FN4O2S/c1-28(26,27)15-8-9-18(17(21)12-15)24-19-16-10-11-25(20(16)23-13-22-19)14-6-4-2-3-5-7-14/h8-14H,2-7H2,1H3,(H,22,23,24). The first-order chi connectivity index (χ1) is 13.4. The van der Waals surface area contributed by atoms with Crippen LogP contribution in [0.15, 0.2) is 41.7 Å². The molecule has 28 heavy (non-hydrogen) atoms. The minimum Gasteiger partial charge on any atom is -0.337 e. The van der Waals surface area contributed by atoms with Crippen LogP contribution >= 0.6 is 0 Å². The van der Waals surface area contributed by atoms with Gasteiger partial charge in [-0.05, 0) is 37.1 Å². The molecule has 1 saturated carbocycles. The highest BCUT2D eigenvalue weighted by Crippen LogP contribution is 2.32. The zero-order chi connectivity index (χ0) is 19.7. The molecule has 4 rings (SSSR count). The monoisotopic (exact) mass is 402 g/mol. The molecular weight excluding hydrogens is 379 g/mol. The maximum Gasteiger partial charge on any atom is 0.175 e. The normalized spacial score (nSPS) is 16.2. The van der Waals surface area contributed by atoms with Gasteiger partial charge in [-0.15, -0.1) is 0 Å². The lowest BCUT2D eigenvalue weighted by Crippen LogP contribution is -2.08. The van der Waals surface area contributed by atoms with Crippen LogP contribution in [0.2, 0.25) is 0 Å². The van der Waals surface area contributed by atoms with Gasteiger partial charge in [-0.3, -0.25) is 0 Å². The summed E-state index contributed by atoms with van der Waals surface area (Å²) in [6.45, 7) is 0. The first kappa shape index (κ1) is 18.9. The zero-order valence-electron chi connectivity index (χ0n) is 15.7. The molecule has 2 aromatic heterocycles. The Bertz CT molecular complexity index is 1100. The fraction of sp³-hybridized carbons (Fsp3) is 0.400. The molecule has 1 aromatic carbocycles. The fourth-order valence-corrected chi connectivity index (χ4v) is 4.49. The number of anilines is 2. The molecule has 0 unspecified atom stereocenters. The molecule has 0 radical (unpaired) electrons. The Morgan fingerprint density at radius 2 is 1.86 bits per heavy atom. The van der Waals surface area contributed by atoms with E-state index in [2.05, 4.69) is 19.9 Å². The Labute approximate surface area is 163 Å². The average Bonchev–Trinajstić information content (AvgIpc) is 2.90. The molecule has 3 aromatic rings. The molecule has 1 N–H and O–H groups in total. The SMILES string of the molecule is CS(=O)(=O)c1ccc(Nc2ncnc3c2ccn3C2CCCCCC2)c(F)c1. The lowest BCUT2D eigenvalue weighted by atomic mass is 10.1. The van der Waals surface area contributed by atoms with Crippen LogP contribution in [-0.4, -0.2) is 29.2 Å². The number of sulfone groups is 1.